The van der Waals surface area contributed by atoms with E-state index in [1.807, 2.05) is 25.1 Å². The van der Waals surface area contributed by atoms with Crippen molar-refractivity contribution in [2.24, 2.45) is 0 Å². The van der Waals surface area contributed by atoms with Gasteiger partial charge in [-0.3, -0.25) is 9.59 Å². The molecule has 126 valence electrons. The van der Waals surface area contributed by atoms with E-state index < -0.39 is 0 Å². The summed E-state index contributed by atoms with van der Waals surface area (Å²) in [4.78, 5) is 25.6. The Morgan fingerprint density at radius 2 is 1.71 bits per heavy atom. The highest BCUT2D eigenvalue weighted by Gasteiger charge is 2.16. The molecule has 0 heterocycles. The van der Waals surface area contributed by atoms with Crippen LogP contribution in [0.3, 0.4) is 0 Å². The molecule has 2 aromatic carbocycles. The van der Waals surface area contributed by atoms with Crippen LogP contribution in [0.4, 0.5) is 5.69 Å². The third-order valence-corrected chi connectivity index (χ3v) is 4.42. The predicted octanol–water partition coefficient (Wildman–Crippen LogP) is 4.29. The van der Waals surface area contributed by atoms with Gasteiger partial charge in [-0.2, -0.15) is 0 Å². The highest BCUT2D eigenvalue weighted by molar-refractivity contribution is 6.32. The molecule has 24 heavy (non-hydrogen) atoms. The van der Waals surface area contributed by atoms with E-state index in [0.717, 1.165) is 11.1 Å². The summed E-state index contributed by atoms with van der Waals surface area (Å²) in [5, 5.41) is 3.93. The maximum absolute atomic E-state index is 12.3. The van der Waals surface area contributed by atoms with Crippen molar-refractivity contribution in [1.82, 2.24) is 4.90 Å². The zero-order valence-electron chi connectivity index (χ0n) is 13.5. The summed E-state index contributed by atoms with van der Waals surface area (Å²) in [5.74, 6) is -0.490. The van der Waals surface area contributed by atoms with E-state index in [9.17, 15) is 9.59 Å². The summed E-state index contributed by atoms with van der Waals surface area (Å²) in [6, 6.07) is 12.5. The number of halogens is 2. The van der Waals surface area contributed by atoms with Crippen LogP contribution in [-0.4, -0.2) is 23.3 Å². The van der Waals surface area contributed by atoms with Gasteiger partial charge in [0, 0.05) is 29.2 Å². The highest BCUT2D eigenvalue weighted by atomic mass is 35.5. The van der Waals surface area contributed by atoms with Crippen LogP contribution >= 0.6 is 23.2 Å². The first-order valence-corrected chi connectivity index (χ1v) is 8.18. The third-order valence-electron chi connectivity index (χ3n) is 3.64. The first kappa shape index (κ1) is 18.3. The zero-order chi connectivity index (χ0) is 17.7. The van der Waals surface area contributed by atoms with Gasteiger partial charge >= 0.3 is 0 Å². The van der Waals surface area contributed by atoms with Crippen molar-refractivity contribution in [1.29, 1.82) is 0 Å². The maximum Gasteiger partial charge on any atom is 0.244 e. The number of hydrogen-bond donors (Lipinski definition) is 1. The molecule has 0 spiro atoms. The van der Waals surface area contributed by atoms with Crippen molar-refractivity contribution >= 4 is 40.7 Å². The van der Waals surface area contributed by atoms with Gasteiger partial charge in [0.2, 0.25) is 11.8 Å². The molecule has 4 nitrogen and oxygen atoms in total. The smallest absolute Gasteiger partial charge is 0.244 e. The number of nitrogens with zero attached hydrogens (tertiary/aromatic N) is 1. The van der Waals surface area contributed by atoms with Crippen molar-refractivity contribution in [3.63, 3.8) is 0 Å². The minimum Gasteiger partial charge on any atom is -0.329 e. The molecular weight excluding hydrogens is 347 g/mol. The van der Waals surface area contributed by atoms with E-state index >= 15 is 0 Å². The average molecular weight is 365 g/mol. The topological polar surface area (TPSA) is 49.4 Å². The van der Waals surface area contributed by atoms with E-state index in [2.05, 4.69) is 5.32 Å². The Balaban J connectivity index is 2.07. The molecular formula is C18H18Cl2N2O2. The SMILES string of the molecule is CC(=O)N(CC(=O)Nc1cccc(Cl)c1C)Cc1ccccc1Cl. The van der Waals surface area contributed by atoms with Crippen molar-refractivity contribution in [2.75, 3.05) is 11.9 Å². The van der Waals surface area contributed by atoms with Crippen LogP contribution < -0.4 is 5.32 Å². The number of rotatable bonds is 5. The second kappa shape index (κ2) is 8.18. The first-order chi connectivity index (χ1) is 11.4. The number of amides is 2. The van der Waals surface area contributed by atoms with E-state index in [1.54, 1.807) is 24.3 Å². The van der Waals surface area contributed by atoms with Gasteiger partial charge in [-0.05, 0) is 36.2 Å². The van der Waals surface area contributed by atoms with Crippen LogP contribution in [0.5, 0.6) is 0 Å². The molecule has 0 saturated heterocycles. The Morgan fingerprint density at radius 1 is 1.04 bits per heavy atom. The van der Waals surface area contributed by atoms with Crippen LogP contribution in [0.25, 0.3) is 0 Å². The Labute approximate surface area is 151 Å². The summed E-state index contributed by atoms with van der Waals surface area (Å²) >= 11 is 12.2. The molecule has 0 aromatic heterocycles. The van der Waals surface area contributed by atoms with E-state index in [0.29, 0.717) is 15.7 Å². The number of benzene rings is 2. The lowest BCUT2D eigenvalue weighted by Gasteiger charge is -2.21. The van der Waals surface area contributed by atoms with Gasteiger partial charge in [-0.1, -0.05) is 47.5 Å². The molecule has 0 atom stereocenters. The molecule has 2 aromatic rings. The summed E-state index contributed by atoms with van der Waals surface area (Å²) in [7, 11) is 0. The molecule has 0 aliphatic heterocycles. The monoisotopic (exact) mass is 364 g/mol. The second-order valence-electron chi connectivity index (χ2n) is 5.43. The molecule has 1 N–H and O–H groups in total. The molecule has 2 amide bonds. The fourth-order valence-electron chi connectivity index (χ4n) is 2.22. The maximum atomic E-state index is 12.3. The molecule has 0 bridgehead atoms. The molecule has 0 saturated carbocycles. The van der Waals surface area contributed by atoms with Gasteiger partial charge < -0.3 is 10.2 Å². The minimum atomic E-state index is -0.289. The van der Waals surface area contributed by atoms with Gasteiger partial charge in [-0.15, -0.1) is 0 Å². The van der Waals surface area contributed by atoms with E-state index in [4.69, 9.17) is 23.2 Å². The zero-order valence-corrected chi connectivity index (χ0v) is 15.0. The number of hydrogen-bond acceptors (Lipinski definition) is 2. The molecule has 0 radical (unpaired) electrons. The van der Waals surface area contributed by atoms with E-state index in [1.165, 1.54) is 11.8 Å². The van der Waals surface area contributed by atoms with Crippen LogP contribution in [0.2, 0.25) is 10.0 Å². The molecule has 0 aliphatic rings. The van der Waals surface area contributed by atoms with Crippen molar-refractivity contribution in [3.8, 4) is 0 Å². The summed E-state index contributed by atoms with van der Waals surface area (Å²) in [6.45, 7) is 3.46. The molecule has 0 aliphatic carbocycles. The van der Waals surface area contributed by atoms with Crippen LogP contribution in [0, 0.1) is 6.92 Å². The first-order valence-electron chi connectivity index (χ1n) is 7.42. The lowest BCUT2D eigenvalue weighted by molar-refractivity contribution is -0.133. The summed E-state index contributed by atoms with van der Waals surface area (Å²) < 4.78 is 0. The highest BCUT2D eigenvalue weighted by Crippen LogP contribution is 2.23. The predicted molar refractivity (Wildman–Crippen MR) is 97.4 cm³/mol. The third kappa shape index (κ3) is 4.73. The Morgan fingerprint density at radius 3 is 2.38 bits per heavy atom. The van der Waals surface area contributed by atoms with Gasteiger partial charge in [0.25, 0.3) is 0 Å². The van der Waals surface area contributed by atoms with Crippen LogP contribution in [-0.2, 0) is 16.1 Å². The van der Waals surface area contributed by atoms with Crippen LogP contribution in [0.15, 0.2) is 42.5 Å². The van der Waals surface area contributed by atoms with Crippen molar-refractivity contribution < 1.29 is 9.59 Å². The van der Waals surface area contributed by atoms with Gasteiger partial charge in [0.05, 0.1) is 0 Å². The van der Waals surface area contributed by atoms with Crippen LogP contribution in [0.1, 0.15) is 18.1 Å². The Hall–Kier alpha value is -2.04. The second-order valence-corrected chi connectivity index (χ2v) is 6.24. The molecule has 6 heteroatoms. The fourth-order valence-corrected chi connectivity index (χ4v) is 2.59. The van der Waals surface area contributed by atoms with Gasteiger partial charge in [0.1, 0.15) is 6.54 Å². The minimum absolute atomic E-state index is 0.0630. The Bertz CT molecular complexity index is 762. The number of nitrogens with one attached hydrogen (secondary N) is 1. The van der Waals surface area contributed by atoms with Crippen molar-refractivity contribution in [2.45, 2.75) is 20.4 Å². The van der Waals surface area contributed by atoms with E-state index in [-0.39, 0.29) is 24.9 Å². The summed E-state index contributed by atoms with van der Waals surface area (Å²) in [5.41, 5.74) is 2.21. The largest absolute Gasteiger partial charge is 0.329 e. The number of carbonyl (C=O) groups excluding carboxylic acids is 2. The molecule has 2 rings (SSSR count). The van der Waals surface area contributed by atoms with Gasteiger partial charge in [-0.25, -0.2) is 0 Å². The quantitative estimate of drug-likeness (QED) is 0.859. The lowest BCUT2D eigenvalue weighted by Crippen LogP contribution is -2.36. The molecule has 0 unspecified atom stereocenters. The number of carbonyl (C=O) groups is 2. The normalized spacial score (nSPS) is 10.3. The number of anilines is 1. The van der Waals surface area contributed by atoms with Crippen molar-refractivity contribution in [3.05, 3.63) is 63.6 Å². The average Bonchev–Trinajstić information content (AvgIpc) is 2.53. The summed E-state index contributed by atoms with van der Waals surface area (Å²) in [6.07, 6.45) is 0. The fraction of sp³-hybridized carbons (Fsp3) is 0.222. The lowest BCUT2D eigenvalue weighted by atomic mass is 10.2. The molecule has 0 fully saturated rings. The standard InChI is InChI=1S/C18H18Cl2N2O2/c1-12-15(19)8-5-9-17(12)21-18(24)11-22(13(2)23)10-14-6-3-4-7-16(14)20/h3-9H,10-11H2,1-2H3,(H,21,24). The van der Waals surface area contributed by atoms with Gasteiger partial charge in [0.15, 0.2) is 0 Å². The Kier molecular flexibility index (Phi) is 6.23.